The maximum absolute atomic E-state index is 5.39. The molecule has 1 aliphatic carbocycles. The summed E-state index contributed by atoms with van der Waals surface area (Å²) in [5, 5.41) is 8.26. The smallest absolute Gasteiger partial charge is 0.228 e. The fraction of sp³-hybridized carbons (Fsp3) is 0.867. The van der Waals surface area contributed by atoms with Gasteiger partial charge in [0.15, 0.2) is 5.82 Å². The molecule has 1 unspecified atom stereocenters. The van der Waals surface area contributed by atoms with Crippen molar-refractivity contribution in [2.24, 2.45) is 5.41 Å². The topological polar surface area (TPSA) is 51.0 Å². The molecule has 1 aliphatic rings. The summed E-state index contributed by atoms with van der Waals surface area (Å²) in [7, 11) is 1.99. The molecule has 2 rings (SSSR count). The number of likely N-dealkylation sites (N-methyl/N-ethyl adjacent to an activating group) is 1. The normalized spacial score (nSPS) is 18.6. The van der Waals surface area contributed by atoms with E-state index >= 15 is 0 Å². The molecular formula is C15H27N3OS. The lowest BCUT2D eigenvalue weighted by Gasteiger charge is -2.29. The van der Waals surface area contributed by atoms with Gasteiger partial charge in [-0.3, -0.25) is 0 Å². The zero-order valence-corrected chi connectivity index (χ0v) is 13.9. The van der Waals surface area contributed by atoms with Crippen LogP contribution >= 0.6 is 11.8 Å². The van der Waals surface area contributed by atoms with Crippen molar-refractivity contribution < 1.29 is 4.52 Å². The highest BCUT2D eigenvalue weighted by molar-refractivity contribution is 7.99. The van der Waals surface area contributed by atoms with E-state index < -0.39 is 0 Å². The van der Waals surface area contributed by atoms with Gasteiger partial charge in [-0.15, -0.1) is 0 Å². The molecule has 0 aromatic carbocycles. The average Bonchev–Trinajstić information content (AvgIpc) is 3.03. The second-order valence-electron chi connectivity index (χ2n) is 6.73. The second kappa shape index (κ2) is 6.94. The molecule has 1 aromatic heterocycles. The van der Waals surface area contributed by atoms with E-state index in [4.69, 9.17) is 4.52 Å². The first-order valence-corrected chi connectivity index (χ1v) is 8.64. The summed E-state index contributed by atoms with van der Waals surface area (Å²) < 4.78 is 5.39. The monoisotopic (exact) mass is 297 g/mol. The number of hydrogen-bond acceptors (Lipinski definition) is 5. The maximum Gasteiger partial charge on any atom is 0.228 e. The molecule has 0 saturated heterocycles. The third kappa shape index (κ3) is 4.48. The van der Waals surface area contributed by atoms with Gasteiger partial charge < -0.3 is 9.84 Å². The molecule has 0 aliphatic heterocycles. The quantitative estimate of drug-likeness (QED) is 0.872. The summed E-state index contributed by atoms with van der Waals surface area (Å²) in [6.45, 7) is 6.67. The van der Waals surface area contributed by atoms with Crippen LogP contribution in [0.1, 0.15) is 58.2 Å². The van der Waals surface area contributed by atoms with Crippen LogP contribution in [0.25, 0.3) is 0 Å². The van der Waals surface area contributed by atoms with Crippen molar-refractivity contribution in [3.05, 3.63) is 11.7 Å². The lowest BCUT2D eigenvalue weighted by molar-refractivity contribution is 0.255. The number of nitrogens with one attached hydrogen (secondary N) is 1. The molecule has 114 valence electrons. The van der Waals surface area contributed by atoms with E-state index in [-0.39, 0.29) is 5.41 Å². The van der Waals surface area contributed by atoms with Crippen molar-refractivity contribution in [1.82, 2.24) is 15.5 Å². The van der Waals surface area contributed by atoms with Crippen molar-refractivity contribution in [2.75, 3.05) is 7.05 Å². The minimum Gasteiger partial charge on any atom is -0.339 e. The van der Waals surface area contributed by atoms with Gasteiger partial charge in [-0.2, -0.15) is 16.7 Å². The SMILES string of the molecule is CNC(Cc1nc(CSC2CCCC2)no1)C(C)(C)C. The van der Waals surface area contributed by atoms with E-state index in [9.17, 15) is 0 Å². The Hall–Kier alpha value is -0.550. The number of thioether (sulfide) groups is 1. The second-order valence-corrected chi connectivity index (χ2v) is 8.02. The van der Waals surface area contributed by atoms with Crippen molar-refractivity contribution in [3.8, 4) is 0 Å². The van der Waals surface area contributed by atoms with Crippen LogP contribution in [0.15, 0.2) is 4.52 Å². The highest BCUT2D eigenvalue weighted by Gasteiger charge is 2.25. The van der Waals surface area contributed by atoms with Crippen LogP contribution in [0.2, 0.25) is 0 Å². The number of nitrogens with zero attached hydrogens (tertiary/aromatic N) is 2. The van der Waals surface area contributed by atoms with E-state index in [1.54, 1.807) is 0 Å². The summed E-state index contributed by atoms with van der Waals surface area (Å²) >= 11 is 1.98. The van der Waals surface area contributed by atoms with Gasteiger partial charge in [0.1, 0.15) is 0 Å². The van der Waals surface area contributed by atoms with E-state index in [2.05, 4.69) is 36.2 Å². The Balaban J connectivity index is 1.84. The number of aromatic nitrogens is 2. The lowest BCUT2D eigenvalue weighted by atomic mass is 9.85. The Bertz CT molecular complexity index is 407. The molecule has 4 nitrogen and oxygen atoms in total. The predicted octanol–water partition coefficient (Wildman–Crippen LogP) is 3.42. The number of rotatable bonds is 6. The van der Waals surface area contributed by atoms with Gasteiger partial charge in [0, 0.05) is 17.7 Å². The van der Waals surface area contributed by atoms with E-state index in [0.717, 1.165) is 29.1 Å². The average molecular weight is 297 g/mol. The van der Waals surface area contributed by atoms with Crippen LogP contribution in [0.4, 0.5) is 0 Å². The Kier molecular flexibility index (Phi) is 5.49. The van der Waals surface area contributed by atoms with Gasteiger partial charge >= 0.3 is 0 Å². The van der Waals surface area contributed by atoms with Gasteiger partial charge in [-0.25, -0.2) is 0 Å². The summed E-state index contributed by atoms with van der Waals surface area (Å²) in [5.74, 6) is 2.48. The van der Waals surface area contributed by atoms with Crippen LogP contribution in [0.5, 0.6) is 0 Å². The number of hydrogen-bond donors (Lipinski definition) is 1. The minimum atomic E-state index is 0.183. The molecule has 1 atom stereocenters. The predicted molar refractivity (Wildman–Crippen MR) is 83.9 cm³/mol. The third-order valence-electron chi connectivity index (χ3n) is 4.03. The van der Waals surface area contributed by atoms with Crippen molar-refractivity contribution >= 4 is 11.8 Å². The molecule has 1 aromatic rings. The van der Waals surface area contributed by atoms with Crippen molar-refractivity contribution in [2.45, 2.75) is 69.9 Å². The molecule has 0 amide bonds. The van der Waals surface area contributed by atoms with Crippen LogP contribution in [0, 0.1) is 5.41 Å². The van der Waals surface area contributed by atoms with E-state index in [1.807, 2.05) is 18.8 Å². The van der Waals surface area contributed by atoms with Crippen LogP contribution in [0.3, 0.4) is 0 Å². The first kappa shape index (κ1) is 15.8. The van der Waals surface area contributed by atoms with Crippen molar-refractivity contribution in [3.63, 3.8) is 0 Å². The van der Waals surface area contributed by atoms with Gasteiger partial charge in [0.2, 0.25) is 5.89 Å². The minimum absolute atomic E-state index is 0.183. The molecule has 1 N–H and O–H groups in total. The Morgan fingerprint density at radius 1 is 1.35 bits per heavy atom. The first-order valence-electron chi connectivity index (χ1n) is 7.59. The Labute approximate surface area is 126 Å². The van der Waals surface area contributed by atoms with Crippen molar-refractivity contribution in [1.29, 1.82) is 0 Å². The largest absolute Gasteiger partial charge is 0.339 e. The zero-order valence-electron chi connectivity index (χ0n) is 13.1. The van der Waals surface area contributed by atoms with Crippen LogP contribution < -0.4 is 5.32 Å². The lowest BCUT2D eigenvalue weighted by Crippen LogP contribution is -2.39. The zero-order chi connectivity index (χ0) is 14.6. The van der Waals surface area contributed by atoms with Gasteiger partial charge in [-0.1, -0.05) is 38.8 Å². The maximum atomic E-state index is 5.39. The van der Waals surface area contributed by atoms with E-state index in [1.165, 1.54) is 25.7 Å². The summed E-state index contributed by atoms with van der Waals surface area (Å²) in [6, 6.07) is 0.346. The highest BCUT2D eigenvalue weighted by Crippen LogP contribution is 2.31. The summed E-state index contributed by atoms with van der Waals surface area (Å²) in [4.78, 5) is 4.53. The van der Waals surface area contributed by atoms with Crippen LogP contribution in [-0.2, 0) is 12.2 Å². The summed E-state index contributed by atoms with van der Waals surface area (Å²) in [5.41, 5.74) is 0.183. The highest BCUT2D eigenvalue weighted by atomic mass is 32.2. The fourth-order valence-corrected chi connectivity index (χ4v) is 3.86. The molecule has 0 radical (unpaired) electrons. The molecule has 20 heavy (non-hydrogen) atoms. The standard InChI is InChI=1S/C15H27N3OS/c1-15(2,3)12(16-4)9-14-17-13(18-19-14)10-20-11-7-5-6-8-11/h11-12,16H,5-10H2,1-4H3. The van der Waals surface area contributed by atoms with Gasteiger partial charge in [0.25, 0.3) is 0 Å². The fourth-order valence-electron chi connectivity index (χ4n) is 2.69. The van der Waals surface area contributed by atoms with Crippen LogP contribution in [-0.4, -0.2) is 28.5 Å². The molecule has 5 heteroatoms. The Morgan fingerprint density at radius 3 is 2.65 bits per heavy atom. The van der Waals surface area contributed by atoms with E-state index in [0.29, 0.717) is 6.04 Å². The first-order chi connectivity index (χ1) is 9.49. The van der Waals surface area contributed by atoms with Gasteiger partial charge in [-0.05, 0) is 25.3 Å². The molecular weight excluding hydrogens is 270 g/mol. The molecule has 1 fully saturated rings. The van der Waals surface area contributed by atoms with Gasteiger partial charge in [0.05, 0.1) is 5.75 Å². The summed E-state index contributed by atoms with van der Waals surface area (Å²) in [6.07, 6.45) is 6.25. The molecule has 1 saturated carbocycles. The molecule has 0 spiro atoms. The Morgan fingerprint density at radius 2 is 2.05 bits per heavy atom. The molecule has 0 bridgehead atoms. The molecule has 1 heterocycles. The third-order valence-corrected chi connectivity index (χ3v) is 5.40.